The number of imidazole rings is 1. The van der Waals surface area contributed by atoms with Gasteiger partial charge in [-0.15, -0.1) is 0 Å². The Hall–Kier alpha value is -1.12. The number of nitrogens with one attached hydrogen (secondary N) is 3. The summed E-state index contributed by atoms with van der Waals surface area (Å²) in [7, 11) is 1.93. The molecule has 0 amide bonds. The number of hydrogen-bond acceptors (Lipinski definition) is 2. The highest BCUT2D eigenvalue weighted by Crippen LogP contribution is 2.31. The molecule has 1 heterocycles. The molecular weight excluding hydrogens is 445 g/mol. The Bertz CT molecular complexity index is 838. The lowest BCUT2D eigenvalue weighted by Gasteiger charge is -2.19. The third kappa shape index (κ3) is 2.93. The second kappa shape index (κ2) is 5.94. The minimum atomic E-state index is -0.190. The molecule has 3 aromatic rings. The van der Waals surface area contributed by atoms with Crippen LogP contribution in [0, 0.1) is 3.57 Å². The van der Waals surface area contributed by atoms with E-state index in [1.807, 2.05) is 19.2 Å². The van der Waals surface area contributed by atoms with Gasteiger partial charge in [-0.3, -0.25) is 0 Å². The first-order valence-corrected chi connectivity index (χ1v) is 8.30. The number of H-pyrrole nitrogens is 2. The first-order chi connectivity index (χ1) is 10.1. The van der Waals surface area contributed by atoms with Crippen LogP contribution in [0.15, 0.2) is 45.7 Å². The summed E-state index contributed by atoms with van der Waals surface area (Å²) in [4.78, 5) is 17.0. The zero-order valence-corrected chi connectivity index (χ0v) is 14.9. The largest absolute Gasteiger partial charge is 0.323 e. The van der Waals surface area contributed by atoms with E-state index in [2.05, 4.69) is 78.1 Å². The van der Waals surface area contributed by atoms with Crippen molar-refractivity contribution in [3.8, 4) is 0 Å². The van der Waals surface area contributed by atoms with Gasteiger partial charge in [0.2, 0.25) is 0 Å². The van der Waals surface area contributed by atoms with Crippen LogP contribution in [0.4, 0.5) is 0 Å². The van der Waals surface area contributed by atoms with Gasteiger partial charge in [-0.25, -0.2) is 4.79 Å². The first kappa shape index (κ1) is 14.8. The number of halogens is 2. The van der Waals surface area contributed by atoms with Gasteiger partial charge in [0.1, 0.15) is 0 Å². The van der Waals surface area contributed by atoms with Gasteiger partial charge in [0.05, 0.1) is 17.1 Å². The van der Waals surface area contributed by atoms with Crippen molar-refractivity contribution in [2.45, 2.75) is 6.04 Å². The van der Waals surface area contributed by atoms with Crippen LogP contribution in [0.25, 0.3) is 11.0 Å². The summed E-state index contributed by atoms with van der Waals surface area (Å²) >= 11 is 5.90. The van der Waals surface area contributed by atoms with Crippen molar-refractivity contribution >= 4 is 49.6 Å². The van der Waals surface area contributed by atoms with E-state index in [-0.39, 0.29) is 11.7 Å². The molecule has 6 heteroatoms. The smallest absolute Gasteiger partial charge is 0.309 e. The van der Waals surface area contributed by atoms with Crippen molar-refractivity contribution in [1.29, 1.82) is 0 Å². The summed E-state index contributed by atoms with van der Waals surface area (Å²) in [5, 5.41) is 3.33. The third-order valence-electron chi connectivity index (χ3n) is 3.44. The molecule has 1 atom stereocenters. The van der Waals surface area contributed by atoms with E-state index in [9.17, 15) is 4.79 Å². The van der Waals surface area contributed by atoms with Crippen LogP contribution in [0.3, 0.4) is 0 Å². The monoisotopic (exact) mass is 457 g/mol. The van der Waals surface area contributed by atoms with Gasteiger partial charge in [-0.1, -0.05) is 28.1 Å². The molecule has 3 N–H and O–H groups in total. The molecule has 0 bridgehead atoms. The topological polar surface area (TPSA) is 60.7 Å². The lowest BCUT2D eigenvalue weighted by molar-refractivity contribution is 0.689. The van der Waals surface area contributed by atoms with Crippen molar-refractivity contribution in [1.82, 2.24) is 15.3 Å². The van der Waals surface area contributed by atoms with Gasteiger partial charge in [0.25, 0.3) is 0 Å². The second-order valence-corrected chi connectivity index (χ2v) is 6.87. The zero-order valence-electron chi connectivity index (χ0n) is 11.2. The van der Waals surface area contributed by atoms with Gasteiger partial charge >= 0.3 is 5.69 Å². The molecule has 0 saturated carbocycles. The van der Waals surface area contributed by atoms with E-state index < -0.39 is 0 Å². The maximum atomic E-state index is 11.4. The van der Waals surface area contributed by atoms with Crippen molar-refractivity contribution < 1.29 is 0 Å². The van der Waals surface area contributed by atoms with E-state index in [0.717, 1.165) is 21.1 Å². The zero-order chi connectivity index (χ0) is 15.0. The minimum Gasteiger partial charge on any atom is -0.309 e. The fourth-order valence-corrected chi connectivity index (χ4v) is 3.38. The molecule has 0 radical (unpaired) electrons. The van der Waals surface area contributed by atoms with Crippen LogP contribution in [0.1, 0.15) is 17.2 Å². The van der Waals surface area contributed by atoms with E-state index in [1.165, 1.54) is 9.13 Å². The lowest BCUT2D eigenvalue weighted by Crippen LogP contribution is -2.18. The Labute approximate surface area is 143 Å². The molecule has 0 aliphatic rings. The number of fused-ring (bicyclic) bond motifs is 1. The number of aromatic nitrogens is 2. The minimum absolute atomic E-state index is 0.0548. The maximum absolute atomic E-state index is 11.4. The maximum Gasteiger partial charge on any atom is 0.323 e. The molecule has 108 valence electrons. The lowest BCUT2D eigenvalue weighted by atomic mass is 9.98. The molecule has 4 nitrogen and oxygen atoms in total. The Morgan fingerprint density at radius 1 is 1.14 bits per heavy atom. The predicted molar refractivity (Wildman–Crippen MR) is 96.7 cm³/mol. The Morgan fingerprint density at radius 2 is 1.76 bits per heavy atom. The molecule has 0 aliphatic carbocycles. The van der Waals surface area contributed by atoms with Crippen molar-refractivity contribution in [3.05, 3.63) is 66.1 Å². The van der Waals surface area contributed by atoms with Crippen molar-refractivity contribution in [2.24, 2.45) is 0 Å². The molecule has 1 aromatic heterocycles. The average molecular weight is 458 g/mol. The first-order valence-electron chi connectivity index (χ1n) is 6.42. The quantitative estimate of drug-likeness (QED) is 0.527. The van der Waals surface area contributed by atoms with Crippen LogP contribution >= 0.6 is 38.5 Å². The van der Waals surface area contributed by atoms with E-state index in [1.54, 1.807) is 0 Å². The van der Waals surface area contributed by atoms with Crippen molar-refractivity contribution in [3.63, 3.8) is 0 Å². The molecular formula is C15H13BrIN3O. The summed E-state index contributed by atoms with van der Waals surface area (Å²) in [6.07, 6.45) is 0. The highest BCUT2D eigenvalue weighted by Gasteiger charge is 2.16. The molecule has 0 fully saturated rings. The van der Waals surface area contributed by atoms with Crippen molar-refractivity contribution in [2.75, 3.05) is 7.05 Å². The number of rotatable bonds is 3. The van der Waals surface area contributed by atoms with Crippen LogP contribution in [0.5, 0.6) is 0 Å². The molecule has 3 rings (SSSR count). The summed E-state index contributed by atoms with van der Waals surface area (Å²) < 4.78 is 2.17. The Morgan fingerprint density at radius 3 is 2.38 bits per heavy atom. The average Bonchev–Trinajstić information content (AvgIpc) is 2.81. The molecule has 2 aromatic carbocycles. The number of aromatic amines is 2. The van der Waals surface area contributed by atoms with Gasteiger partial charge in [0.15, 0.2) is 0 Å². The molecule has 21 heavy (non-hydrogen) atoms. The van der Waals surface area contributed by atoms with Gasteiger partial charge in [0, 0.05) is 8.04 Å². The SMILES string of the molecule is CNC(c1ccc(I)cc1)c1cc2[nH]c(=O)[nH]c2cc1Br. The van der Waals surface area contributed by atoms with Gasteiger partial charge in [-0.2, -0.15) is 0 Å². The van der Waals surface area contributed by atoms with E-state index >= 15 is 0 Å². The van der Waals surface area contributed by atoms with Crippen LogP contribution in [-0.2, 0) is 0 Å². The Kier molecular flexibility index (Phi) is 4.19. The standard InChI is InChI=1S/C15H13BrIN3O/c1-18-14(8-2-4-9(17)5-3-8)10-6-12-13(7-11(10)16)20-15(21)19-12/h2-7,14,18H,1H3,(H2,19,20,21). The van der Waals surface area contributed by atoms with Gasteiger partial charge in [-0.05, 0) is 65.0 Å². The van der Waals surface area contributed by atoms with E-state index in [0.29, 0.717) is 0 Å². The summed E-state index contributed by atoms with van der Waals surface area (Å²) in [5.41, 5.74) is 3.68. The molecule has 0 saturated heterocycles. The van der Waals surface area contributed by atoms with Crippen LogP contribution in [0.2, 0.25) is 0 Å². The molecule has 0 spiro atoms. The van der Waals surface area contributed by atoms with Crippen LogP contribution < -0.4 is 11.0 Å². The summed E-state index contributed by atoms with van der Waals surface area (Å²) in [6.45, 7) is 0. The highest BCUT2D eigenvalue weighted by atomic mass is 127. The molecule has 0 aliphatic heterocycles. The number of benzene rings is 2. The Balaban J connectivity index is 2.13. The van der Waals surface area contributed by atoms with Crippen LogP contribution in [-0.4, -0.2) is 17.0 Å². The second-order valence-electron chi connectivity index (χ2n) is 4.77. The number of hydrogen-bond donors (Lipinski definition) is 3. The van der Waals surface area contributed by atoms with E-state index in [4.69, 9.17) is 0 Å². The summed E-state index contributed by atoms with van der Waals surface area (Å²) in [5.74, 6) is 0. The normalized spacial score (nSPS) is 12.7. The fraction of sp³-hybridized carbons (Fsp3) is 0.133. The summed E-state index contributed by atoms with van der Waals surface area (Å²) in [6, 6.07) is 12.4. The molecule has 1 unspecified atom stereocenters. The highest BCUT2D eigenvalue weighted by molar-refractivity contribution is 14.1. The fourth-order valence-electron chi connectivity index (χ4n) is 2.45. The third-order valence-corrected chi connectivity index (χ3v) is 4.84. The predicted octanol–water partition coefficient (Wildman–Crippen LogP) is 3.53. The van der Waals surface area contributed by atoms with Gasteiger partial charge < -0.3 is 15.3 Å².